The number of benzene rings is 4. The first-order valence-corrected chi connectivity index (χ1v) is 9.30. The molecule has 0 spiro atoms. The van der Waals surface area contributed by atoms with Crippen LogP contribution in [0.25, 0.3) is 21.5 Å². The van der Waals surface area contributed by atoms with Crippen molar-refractivity contribution in [2.45, 2.75) is 32.6 Å². The zero-order chi connectivity index (χ0) is 16.8. The Morgan fingerprint density at radius 2 is 1.36 bits per heavy atom. The van der Waals surface area contributed by atoms with Crippen LogP contribution in [0, 0.1) is 6.92 Å². The summed E-state index contributed by atoms with van der Waals surface area (Å²) < 4.78 is 0. The summed E-state index contributed by atoms with van der Waals surface area (Å²) in [6.45, 7) is 2.29. The average Bonchev–Trinajstić information content (AvgIpc) is 2.64. The van der Waals surface area contributed by atoms with Gasteiger partial charge in [-0.25, -0.2) is 0 Å². The van der Waals surface area contributed by atoms with E-state index in [1.807, 2.05) is 0 Å². The van der Waals surface area contributed by atoms with E-state index in [0.717, 1.165) is 25.7 Å². The Morgan fingerprint density at radius 1 is 0.640 bits per heavy atom. The highest BCUT2D eigenvalue weighted by Crippen LogP contribution is 2.34. The fourth-order valence-electron chi connectivity index (χ4n) is 4.45. The molecule has 0 atom stereocenters. The molecule has 0 saturated heterocycles. The smallest absolute Gasteiger partial charge is 0.00702 e. The van der Waals surface area contributed by atoms with Crippen molar-refractivity contribution in [2.75, 3.05) is 0 Å². The third-order valence-corrected chi connectivity index (χ3v) is 5.81. The molecular formula is C25H22. The summed E-state index contributed by atoms with van der Waals surface area (Å²) >= 11 is 0. The maximum absolute atomic E-state index is 2.46. The Morgan fingerprint density at radius 3 is 2.16 bits per heavy atom. The number of fused-ring (bicyclic) bond motifs is 1. The summed E-state index contributed by atoms with van der Waals surface area (Å²) in [4.78, 5) is 0. The zero-order valence-electron chi connectivity index (χ0n) is 14.7. The third kappa shape index (κ3) is 2.44. The summed E-state index contributed by atoms with van der Waals surface area (Å²) in [5, 5.41) is 5.70. The molecule has 25 heavy (non-hydrogen) atoms. The van der Waals surface area contributed by atoms with E-state index < -0.39 is 0 Å². The van der Waals surface area contributed by atoms with Crippen LogP contribution in [0.3, 0.4) is 0 Å². The van der Waals surface area contributed by atoms with Crippen molar-refractivity contribution < 1.29 is 0 Å². The van der Waals surface area contributed by atoms with Crippen LogP contribution in [0.15, 0.2) is 66.7 Å². The van der Waals surface area contributed by atoms with Crippen molar-refractivity contribution in [3.8, 4) is 0 Å². The molecule has 0 aliphatic heterocycles. The van der Waals surface area contributed by atoms with E-state index in [9.17, 15) is 0 Å². The van der Waals surface area contributed by atoms with Crippen LogP contribution in [-0.2, 0) is 25.7 Å². The van der Waals surface area contributed by atoms with Crippen LogP contribution in [-0.4, -0.2) is 0 Å². The predicted octanol–water partition coefficient (Wildman–Crippen LogP) is 6.19. The highest BCUT2D eigenvalue weighted by Gasteiger charge is 2.14. The second-order valence-corrected chi connectivity index (χ2v) is 7.36. The molecule has 122 valence electrons. The highest BCUT2D eigenvalue weighted by atomic mass is 14.2. The standard InChI is InChI=1S/C25H22/c1-17-16-21-12-10-18-6-8-19(9-7-18)11-14-22(17)24-15-13-20-4-2-3-5-23(20)25(21)24/h2-9,13,15-16H,10-12,14H2,1H3. The van der Waals surface area contributed by atoms with Gasteiger partial charge < -0.3 is 0 Å². The molecule has 4 aliphatic carbocycles. The minimum absolute atomic E-state index is 1.10. The number of hydrogen-bond donors (Lipinski definition) is 0. The molecule has 4 bridgehead atoms. The maximum atomic E-state index is 2.46. The van der Waals surface area contributed by atoms with Crippen molar-refractivity contribution in [2.24, 2.45) is 0 Å². The molecule has 4 aromatic carbocycles. The molecule has 0 heterocycles. The Balaban J connectivity index is 1.84. The van der Waals surface area contributed by atoms with Crippen LogP contribution in [0.1, 0.15) is 27.8 Å². The average molecular weight is 322 g/mol. The molecule has 8 rings (SSSR count). The highest BCUT2D eigenvalue weighted by molar-refractivity contribution is 6.10. The minimum atomic E-state index is 1.10. The van der Waals surface area contributed by atoms with E-state index in [1.165, 1.54) is 49.4 Å². The first kappa shape index (κ1) is 14.7. The molecule has 0 aromatic heterocycles. The van der Waals surface area contributed by atoms with Gasteiger partial charge in [-0.1, -0.05) is 66.7 Å². The second kappa shape index (κ2) is 5.74. The van der Waals surface area contributed by atoms with Crippen molar-refractivity contribution in [3.05, 3.63) is 94.5 Å². The summed E-state index contributed by atoms with van der Waals surface area (Å²) in [6, 6.07) is 25.2. The van der Waals surface area contributed by atoms with E-state index in [4.69, 9.17) is 0 Å². The van der Waals surface area contributed by atoms with Gasteiger partial charge in [0.2, 0.25) is 0 Å². The van der Waals surface area contributed by atoms with Crippen LogP contribution in [0.4, 0.5) is 0 Å². The van der Waals surface area contributed by atoms with Gasteiger partial charge in [0.05, 0.1) is 0 Å². The molecule has 0 radical (unpaired) electrons. The Labute approximate surface area is 149 Å². The first-order chi connectivity index (χ1) is 12.3. The lowest BCUT2D eigenvalue weighted by Crippen LogP contribution is -2.02. The zero-order valence-corrected chi connectivity index (χ0v) is 14.7. The van der Waals surface area contributed by atoms with Gasteiger partial charge in [0.15, 0.2) is 0 Å². The van der Waals surface area contributed by atoms with Crippen LogP contribution >= 0.6 is 0 Å². The lowest BCUT2D eigenvalue weighted by atomic mass is 9.86. The van der Waals surface area contributed by atoms with E-state index in [1.54, 1.807) is 0 Å². The SMILES string of the molecule is Cc1cc2c3c(ccc4ccccc43)c1CCc1ccc(cc1)CC2. The van der Waals surface area contributed by atoms with Crippen LogP contribution in [0.5, 0.6) is 0 Å². The molecule has 0 heteroatoms. The molecule has 4 aromatic rings. The second-order valence-electron chi connectivity index (χ2n) is 7.36. The Bertz CT molecular complexity index is 1080. The van der Waals surface area contributed by atoms with E-state index in [-0.39, 0.29) is 0 Å². The summed E-state index contributed by atoms with van der Waals surface area (Å²) in [5.74, 6) is 0. The number of aryl methyl sites for hydroxylation is 5. The number of hydrogen-bond acceptors (Lipinski definition) is 0. The molecule has 0 amide bonds. The lowest BCUT2D eigenvalue weighted by Gasteiger charge is -2.18. The van der Waals surface area contributed by atoms with Crippen LogP contribution < -0.4 is 0 Å². The fourth-order valence-corrected chi connectivity index (χ4v) is 4.45. The van der Waals surface area contributed by atoms with Gasteiger partial charge in [0, 0.05) is 0 Å². The van der Waals surface area contributed by atoms with Gasteiger partial charge in [0.1, 0.15) is 0 Å². The van der Waals surface area contributed by atoms with E-state index >= 15 is 0 Å². The summed E-state index contributed by atoms with van der Waals surface area (Å²) in [6.07, 6.45) is 4.44. The lowest BCUT2D eigenvalue weighted by molar-refractivity contribution is 0.926. The topological polar surface area (TPSA) is 0 Å². The van der Waals surface area contributed by atoms with Crippen molar-refractivity contribution in [1.29, 1.82) is 0 Å². The monoisotopic (exact) mass is 322 g/mol. The van der Waals surface area contributed by atoms with Gasteiger partial charge in [-0.15, -0.1) is 0 Å². The van der Waals surface area contributed by atoms with Crippen molar-refractivity contribution in [3.63, 3.8) is 0 Å². The van der Waals surface area contributed by atoms with Gasteiger partial charge in [-0.05, 0) is 82.0 Å². The molecule has 0 fully saturated rings. The quantitative estimate of drug-likeness (QED) is 0.339. The fraction of sp³-hybridized carbons (Fsp3) is 0.200. The molecule has 0 unspecified atom stereocenters. The van der Waals surface area contributed by atoms with Crippen LogP contribution in [0.2, 0.25) is 0 Å². The minimum Gasteiger partial charge on any atom is -0.0616 e. The predicted molar refractivity (Wildman–Crippen MR) is 107 cm³/mol. The molecule has 4 aliphatic rings. The molecule has 0 saturated carbocycles. The summed E-state index contributed by atoms with van der Waals surface area (Å²) in [7, 11) is 0. The molecular weight excluding hydrogens is 300 g/mol. The van der Waals surface area contributed by atoms with Gasteiger partial charge in [-0.2, -0.15) is 0 Å². The third-order valence-electron chi connectivity index (χ3n) is 5.81. The first-order valence-electron chi connectivity index (χ1n) is 9.30. The molecule has 0 N–H and O–H groups in total. The Kier molecular flexibility index (Phi) is 3.38. The van der Waals surface area contributed by atoms with Crippen molar-refractivity contribution in [1.82, 2.24) is 0 Å². The largest absolute Gasteiger partial charge is 0.0616 e. The Hall–Kier alpha value is -2.60. The van der Waals surface area contributed by atoms with Gasteiger partial charge in [-0.3, -0.25) is 0 Å². The van der Waals surface area contributed by atoms with E-state index in [0.29, 0.717) is 0 Å². The normalized spacial score (nSPS) is 14.0. The van der Waals surface area contributed by atoms with Gasteiger partial charge in [0.25, 0.3) is 0 Å². The van der Waals surface area contributed by atoms with Gasteiger partial charge >= 0.3 is 0 Å². The van der Waals surface area contributed by atoms with Crippen molar-refractivity contribution >= 4 is 21.5 Å². The maximum Gasteiger partial charge on any atom is -0.00702 e. The van der Waals surface area contributed by atoms with E-state index in [2.05, 4.69) is 73.7 Å². The molecule has 0 nitrogen and oxygen atoms in total. The summed E-state index contributed by atoms with van der Waals surface area (Å²) in [5.41, 5.74) is 7.36. The number of rotatable bonds is 0.